The number of aliphatic hydroxyl groups is 1. The van der Waals surface area contributed by atoms with Gasteiger partial charge in [0.2, 0.25) is 5.91 Å². The number of hydrogen-bond acceptors (Lipinski definition) is 2. The van der Waals surface area contributed by atoms with E-state index < -0.39 is 6.10 Å². The van der Waals surface area contributed by atoms with Crippen LogP contribution >= 0.6 is 0 Å². The van der Waals surface area contributed by atoms with Gasteiger partial charge in [0.05, 0.1) is 12.1 Å². The molecule has 3 heteroatoms. The third kappa shape index (κ3) is 3.59. The van der Waals surface area contributed by atoms with E-state index in [-0.39, 0.29) is 11.9 Å². The van der Waals surface area contributed by atoms with E-state index in [1.807, 2.05) is 13.8 Å². The molecule has 2 atom stereocenters. The fourth-order valence-electron chi connectivity index (χ4n) is 1.37. The summed E-state index contributed by atoms with van der Waals surface area (Å²) in [5, 5.41) is 9.60. The summed E-state index contributed by atoms with van der Waals surface area (Å²) in [4.78, 5) is 12.8. The Morgan fingerprint density at radius 1 is 1.69 bits per heavy atom. The molecule has 0 fully saturated rings. The molecule has 0 aromatic heterocycles. The van der Waals surface area contributed by atoms with Gasteiger partial charge in [0.25, 0.3) is 0 Å². The lowest BCUT2D eigenvalue weighted by Gasteiger charge is -2.30. The molecule has 1 amide bonds. The van der Waals surface area contributed by atoms with Gasteiger partial charge in [-0.15, -0.1) is 6.58 Å². The maximum atomic E-state index is 11.1. The summed E-state index contributed by atoms with van der Waals surface area (Å²) in [6.45, 7) is 9.44. The first-order valence-electron chi connectivity index (χ1n) is 4.60. The van der Waals surface area contributed by atoms with Crippen molar-refractivity contribution in [3.63, 3.8) is 0 Å². The molecule has 0 saturated heterocycles. The largest absolute Gasteiger partial charge is 0.391 e. The predicted molar refractivity (Wildman–Crippen MR) is 53.3 cm³/mol. The third-order valence-electron chi connectivity index (χ3n) is 2.20. The van der Waals surface area contributed by atoms with Crippen molar-refractivity contribution in [1.82, 2.24) is 4.90 Å². The molecule has 76 valence electrons. The van der Waals surface area contributed by atoms with Crippen molar-refractivity contribution >= 4 is 5.91 Å². The second kappa shape index (κ2) is 5.75. The predicted octanol–water partition coefficient (Wildman–Crippen LogP) is 1.18. The Hall–Kier alpha value is -0.830. The molecule has 0 spiro atoms. The van der Waals surface area contributed by atoms with Crippen LogP contribution in [0.2, 0.25) is 0 Å². The number of amides is 1. The quantitative estimate of drug-likeness (QED) is 0.653. The minimum atomic E-state index is -0.513. The number of carbonyl (C=O) groups excluding carboxylic acids is 1. The zero-order chi connectivity index (χ0) is 10.4. The molecular weight excluding hydrogens is 166 g/mol. The van der Waals surface area contributed by atoms with Crippen molar-refractivity contribution < 1.29 is 9.90 Å². The van der Waals surface area contributed by atoms with Crippen LogP contribution in [0.3, 0.4) is 0 Å². The Kier molecular flexibility index (Phi) is 5.39. The maximum Gasteiger partial charge on any atom is 0.219 e. The Labute approximate surface area is 80.0 Å². The Balaban J connectivity index is 4.26. The number of carbonyl (C=O) groups is 1. The number of rotatable bonds is 5. The van der Waals surface area contributed by atoms with E-state index in [0.717, 1.165) is 0 Å². The number of likely N-dealkylation sites (N-methyl/N-ethyl adjacent to an activating group) is 1. The topological polar surface area (TPSA) is 40.5 Å². The summed E-state index contributed by atoms with van der Waals surface area (Å²) in [6, 6.07) is -0.138. The van der Waals surface area contributed by atoms with Crippen LogP contribution in [0.5, 0.6) is 0 Å². The lowest BCUT2D eigenvalue weighted by molar-refractivity contribution is -0.132. The first kappa shape index (κ1) is 12.2. The number of nitrogens with zero attached hydrogens (tertiary/aromatic N) is 1. The molecule has 0 radical (unpaired) electrons. The molecule has 0 aliphatic rings. The van der Waals surface area contributed by atoms with Gasteiger partial charge in [0.15, 0.2) is 0 Å². The van der Waals surface area contributed by atoms with Gasteiger partial charge in [-0.1, -0.05) is 6.08 Å². The lowest BCUT2D eigenvalue weighted by Crippen LogP contribution is -2.43. The molecule has 13 heavy (non-hydrogen) atoms. The molecule has 0 aromatic carbocycles. The van der Waals surface area contributed by atoms with E-state index >= 15 is 0 Å². The normalized spacial score (nSPS) is 14.8. The van der Waals surface area contributed by atoms with Gasteiger partial charge in [-0.25, -0.2) is 0 Å². The van der Waals surface area contributed by atoms with Gasteiger partial charge in [0.1, 0.15) is 0 Å². The summed E-state index contributed by atoms with van der Waals surface area (Å²) in [6.07, 6.45) is 1.67. The van der Waals surface area contributed by atoms with E-state index in [9.17, 15) is 9.90 Å². The van der Waals surface area contributed by atoms with Crippen LogP contribution in [-0.4, -0.2) is 34.6 Å². The van der Waals surface area contributed by atoms with Crippen LogP contribution in [0.15, 0.2) is 12.7 Å². The fraction of sp³-hybridized carbons (Fsp3) is 0.700. The summed E-state index contributed by atoms with van der Waals surface area (Å²) in [7, 11) is 0. The first-order valence-corrected chi connectivity index (χ1v) is 4.60. The molecule has 1 unspecified atom stereocenters. The number of hydrogen-bond donors (Lipinski definition) is 1. The van der Waals surface area contributed by atoms with Crippen molar-refractivity contribution in [3.05, 3.63) is 12.7 Å². The van der Waals surface area contributed by atoms with Crippen molar-refractivity contribution in [2.24, 2.45) is 0 Å². The third-order valence-corrected chi connectivity index (χ3v) is 2.20. The van der Waals surface area contributed by atoms with Crippen LogP contribution in [0.25, 0.3) is 0 Å². The zero-order valence-electron chi connectivity index (χ0n) is 8.66. The molecule has 0 aliphatic heterocycles. The van der Waals surface area contributed by atoms with E-state index in [4.69, 9.17) is 0 Å². The van der Waals surface area contributed by atoms with Crippen LogP contribution in [0, 0.1) is 0 Å². The van der Waals surface area contributed by atoms with Crippen molar-refractivity contribution in [1.29, 1.82) is 0 Å². The minimum Gasteiger partial charge on any atom is -0.391 e. The molecule has 1 N–H and O–H groups in total. The lowest BCUT2D eigenvalue weighted by atomic mass is 10.1. The molecular formula is C10H19NO2. The van der Waals surface area contributed by atoms with E-state index in [2.05, 4.69) is 6.58 Å². The molecule has 0 rings (SSSR count). The Morgan fingerprint density at radius 2 is 2.23 bits per heavy atom. The average Bonchev–Trinajstić information content (AvgIpc) is 2.05. The Morgan fingerprint density at radius 3 is 2.54 bits per heavy atom. The number of aliphatic hydroxyl groups excluding tert-OH is 1. The molecule has 0 bridgehead atoms. The van der Waals surface area contributed by atoms with Gasteiger partial charge in [0, 0.05) is 13.5 Å². The average molecular weight is 185 g/mol. The van der Waals surface area contributed by atoms with Gasteiger partial charge in [-0.3, -0.25) is 4.79 Å². The van der Waals surface area contributed by atoms with Crippen molar-refractivity contribution in [2.45, 2.75) is 39.3 Å². The second-order valence-electron chi connectivity index (χ2n) is 3.14. The summed E-state index contributed by atoms with van der Waals surface area (Å²) < 4.78 is 0. The van der Waals surface area contributed by atoms with Gasteiger partial charge < -0.3 is 10.0 Å². The van der Waals surface area contributed by atoms with E-state index in [1.165, 1.54) is 6.92 Å². The van der Waals surface area contributed by atoms with Crippen LogP contribution in [0.1, 0.15) is 27.2 Å². The minimum absolute atomic E-state index is 0.00175. The molecule has 3 nitrogen and oxygen atoms in total. The van der Waals surface area contributed by atoms with Crippen LogP contribution in [-0.2, 0) is 4.79 Å². The molecule has 0 aromatic rings. The van der Waals surface area contributed by atoms with Crippen molar-refractivity contribution in [2.75, 3.05) is 6.54 Å². The molecule has 0 aliphatic carbocycles. The SMILES string of the molecule is C=CCC(O)[C@H](C)N(CC)C(C)=O. The summed E-state index contributed by atoms with van der Waals surface area (Å²) in [5.41, 5.74) is 0. The van der Waals surface area contributed by atoms with E-state index in [1.54, 1.807) is 11.0 Å². The van der Waals surface area contributed by atoms with Gasteiger partial charge in [-0.05, 0) is 20.3 Å². The Bertz CT molecular complexity index is 180. The van der Waals surface area contributed by atoms with Gasteiger partial charge >= 0.3 is 0 Å². The van der Waals surface area contributed by atoms with Crippen LogP contribution in [0.4, 0.5) is 0 Å². The highest BCUT2D eigenvalue weighted by atomic mass is 16.3. The molecule has 0 heterocycles. The highest BCUT2D eigenvalue weighted by molar-refractivity contribution is 5.73. The monoisotopic (exact) mass is 185 g/mol. The highest BCUT2D eigenvalue weighted by Gasteiger charge is 2.21. The highest BCUT2D eigenvalue weighted by Crippen LogP contribution is 2.08. The zero-order valence-corrected chi connectivity index (χ0v) is 8.66. The summed E-state index contributed by atoms with van der Waals surface area (Å²) in [5.74, 6) is -0.00175. The first-order chi connectivity index (χ1) is 6.04. The molecule has 0 saturated carbocycles. The summed E-state index contributed by atoms with van der Waals surface area (Å²) >= 11 is 0. The van der Waals surface area contributed by atoms with Crippen molar-refractivity contribution in [3.8, 4) is 0 Å². The standard InChI is InChI=1S/C10H19NO2/c1-5-7-10(13)8(3)11(6-2)9(4)12/h5,8,10,13H,1,6-7H2,2-4H3/t8-,10?/m0/s1. The second-order valence-corrected chi connectivity index (χ2v) is 3.14. The van der Waals surface area contributed by atoms with E-state index in [0.29, 0.717) is 13.0 Å². The smallest absolute Gasteiger partial charge is 0.219 e. The fourth-order valence-corrected chi connectivity index (χ4v) is 1.37. The van der Waals surface area contributed by atoms with Crippen LogP contribution < -0.4 is 0 Å². The van der Waals surface area contributed by atoms with Gasteiger partial charge in [-0.2, -0.15) is 0 Å². The maximum absolute atomic E-state index is 11.1.